The van der Waals surface area contributed by atoms with Crippen molar-refractivity contribution >= 4 is 17.3 Å². The Morgan fingerprint density at radius 1 is 1.38 bits per heavy atom. The Morgan fingerprint density at radius 3 is 2.88 bits per heavy atom. The minimum absolute atomic E-state index is 0.0752. The summed E-state index contributed by atoms with van der Waals surface area (Å²) in [6.45, 7) is 0. The molecule has 0 fully saturated rings. The van der Waals surface area contributed by atoms with Crippen LogP contribution in [0.4, 0.5) is 15.8 Å². The number of carbonyl (C=O) groups excluding carboxylic acids is 1. The molecular weight excluding hydrogens is 209 g/mol. The summed E-state index contributed by atoms with van der Waals surface area (Å²) in [4.78, 5) is 14.3. The molecule has 16 heavy (non-hydrogen) atoms. The van der Waals surface area contributed by atoms with Crippen molar-refractivity contribution in [1.82, 2.24) is 4.98 Å². The highest BCUT2D eigenvalue weighted by Gasteiger charge is 2.09. The Kier molecular flexibility index (Phi) is 2.59. The first kappa shape index (κ1) is 10.2. The van der Waals surface area contributed by atoms with Crippen LogP contribution in [0, 0.1) is 5.82 Å². The van der Waals surface area contributed by atoms with Crippen molar-refractivity contribution < 1.29 is 9.18 Å². The Labute approximate surface area is 91.3 Å². The molecule has 0 bridgehead atoms. The van der Waals surface area contributed by atoms with Gasteiger partial charge in [0.1, 0.15) is 5.82 Å². The lowest BCUT2D eigenvalue weighted by atomic mass is 10.2. The van der Waals surface area contributed by atoms with E-state index in [0.717, 1.165) is 0 Å². The first-order valence-electron chi connectivity index (χ1n) is 4.66. The number of aromatic amines is 1. The molecule has 0 atom stereocenters. The van der Waals surface area contributed by atoms with Crippen LogP contribution in [0.25, 0.3) is 0 Å². The molecular formula is C11H10FN3O. The second-order valence-corrected chi connectivity index (χ2v) is 3.29. The topological polar surface area (TPSA) is 70.9 Å². The van der Waals surface area contributed by atoms with Crippen LogP contribution < -0.4 is 11.1 Å². The summed E-state index contributed by atoms with van der Waals surface area (Å²) in [6, 6.07) is 5.61. The summed E-state index contributed by atoms with van der Waals surface area (Å²) < 4.78 is 13.3. The van der Waals surface area contributed by atoms with Crippen molar-refractivity contribution in [1.29, 1.82) is 0 Å². The quantitative estimate of drug-likeness (QED) is 0.676. The molecule has 0 aliphatic heterocycles. The summed E-state index contributed by atoms with van der Waals surface area (Å²) in [7, 11) is 0. The fourth-order valence-corrected chi connectivity index (χ4v) is 1.30. The van der Waals surface area contributed by atoms with Gasteiger partial charge < -0.3 is 16.0 Å². The molecule has 0 aliphatic carbocycles. The lowest BCUT2D eigenvalue weighted by molar-refractivity contribution is 0.102. The number of nitrogens with two attached hydrogens (primary N) is 1. The molecule has 1 amide bonds. The fourth-order valence-electron chi connectivity index (χ4n) is 1.30. The average molecular weight is 219 g/mol. The van der Waals surface area contributed by atoms with Gasteiger partial charge in [-0.25, -0.2) is 4.39 Å². The van der Waals surface area contributed by atoms with Crippen molar-refractivity contribution in [2.24, 2.45) is 0 Å². The Bertz CT molecular complexity index is 508. The second-order valence-electron chi connectivity index (χ2n) is 3.29. The van der Waals surface area contributed by atoms with Gasteiger partial charge in [-0.05, 0) is 24.3 Å². The van der Waals surface area contributed by atoms with Crippen LogP contribution in [-0.4, -0.2) is 10.9 Å². The van der Waals surface area contributed by atoms with Gasteiger partial charge in [0.2, 0.25) is 0 Å². The number of anilines is 2. The minimum atomic E-state index is -0.516. The molecule has 82 valence electrons. The van der Waals surface area contributed by atoms with Gasteiger partial charge in [0.15, 0.2) is 0 Å². The van der Waals surface area contributed by atoms with Crippen molar-refractivity contribution in [3.63, 3.8) is 0 Å². The van der Waals surface area contributed by atoms with E-state index in [1.54, 1.807) is 12.3 Å². The van der Waals surface area contributed by atoms with Gasteiger partial charge >= 0.3 is 0 Å². The molecule has 1 aromatic heterocycles. The third kappa shape index (κ3) is 2.03. The lowest BCUT2D eigenvalue weighted by Crippen LogP contribution is -2.12. The molecule has 4 N–H and O–H groups in total. The zero-order chi connectivity index (χ0) is 11.5. The van der Waals surface area contributed by atoms with Crippen LogP contribution in [0.1, 0.15) is 10.4 Å². The van der Waals surface area contributed by atoms with E-state index in [-0.39, 0.29) is 11.6 Å². The van der Waals surface area contributed by atoms with Gasteiger partial charge in [-0.1, -0.05) is 0 Å². The van der Waals surface area contributed by atoms with E-state index in [1.807, 2.05) is 0 Å². The van der Waals surface area contributed by atoms with Crippen LogP contribution in [-0.2, 0) is 0 Å². The van der Waals surface area contributed by atoms with Gasteiger partial charge in [-0.3, -0.25) is 4.79 Å². The highest BCUT2D eigenvalue weighted by atomic mass is 19.1. The maximum Gasteiger partial charge on any atom is 0.257 e. The monoisotopic (exact) mass is 219 g/mol. The predicted octanol–water partition coefficient (Wildman–Crippen LogP) is 1.99. The van der Waals surface area contributed by atoms with Crippen molar-refractivity contribution in [2.75, 3.05) is 11.1 Å². The molecule has 2 aromatic rings. The number of nitrogen functional groups attached to an aromatic ring is 1. The maximum absolute atomic E-state index is 13.3. The van der Waals surface area contributed by atoms with Crippen LogP contribution in [0.5, 0.6) is 0 Å². The summed E-state index contributed by atoms with van der Waals surface area (Å²) in [5.41, 5.74) is 6.40. The highest BCUT2D eigenvalue weighted by Crippen LogP contribution is 2.18. The van der Waals surface area contributed by atoms with Gasteiger partial charge in [-0.15, -0.1) is 0 Å². The number of halogens is 1. The average Bonchev–Trinajstić information content (AvgIpc) is 2.76. The molecule has 1 aromatic carbocycles. The van der Waals surface area contributed by atoms with Crippen molar-refractivity contribution in [3.8, 4) is 0 Å². The minimum Gasteiger partial charge on any atom is -0.399 e. The molecule has 2 rings (SSSR count). The van der Waals surface area contributed by atoms with Gasteiger partial charge in [0.05, 0.1) is 11.3 Å². The number of hydrogen-bond acceptors (Lipinski definition) is 2. The largest absolute Gasteiger partial charge is 0.399 e. The number of hydrogen-bond donors (Lipinski definition) is 3. The van der Waals surface area contributed by atoms with Gasteiger partial charge in [-0.2, -0.15) is 0 Å². The summed E-state index contributed by atoms with van der Waals surface area (Å²) in [5.74, 6) is -0.899. The summed E-state index contributed by atoms with van der Waals surface area (Å²) in [6.07, 6.45) is 3.14. The number of rotatable bonds is 2. The van der Waals surface area contributed by atoms with Crippen LogP contribution >= 0.6 is 0 Å². The van der Waals surface area contributed by atoms with E-state index < -0.39 is 5.82 Å². The standard InChI is InChI=1S/C11H10FN3O/c12-9-2-1-8(13)5-10(9)15-11(16)7-3-4-14-6-7/h1-6,14H,13H2,(H,15,16). The highest BCUT2D eigenvalue weighted by molar-refractivity contribution is 6.04. The second kappa shape index (κ2) is 4.06. The zero-order valence-electron chi connectivity index (χ0n) is 8.33. The van der Waals surface area contributed by atoms with Gasteiger partial charge in [0.25, 0.3) is 5.91 Å². The van der Waals surface area contributed by atoms with E-state index in [9.17, 15) is 9.18 Å². The zero-order valence-corrected chi connectivity index (χ0v) is 8.33. The SMILES string of the molecule is Nc1ccc(F)c(NC(=O)c2cc[nH]c2)c1. The molecule has 0 aliphatic rings. The van der Waals surface area contributed by atoms with Crippen LogP contribution in [0.3, 0.4) is 0 Å². The molecule has 1 heterocycles. The van der Waals surface area contributed by atoms with Crippen LogP contribution in [0.15, 0.2) is 36.7 Å². The molecule has 4 nitrogen and oxygen atoms in total. The third-order valence-corrected chi connectivity index (χ3v) is 2.10. The third-order valence-electron chi connectivity index (χ3n) is 2.10. The first-order chi connectivity index (χ1) is 7.66. The number of nitrogens with one attached hydrogen (secondary N) is 2. The van der Waals surface area contributed by atoms with Crippen molar-refractivity contribution in [3.05, 3.63) is 48.0 Å². The Balaban J connectivity index is 2.21. The van der Waals surface area contributed by atoms with E-state index in [4.69, 9.17) is 5.73 Å². The Hall–Kier alpha value is -2.30. The number of benzene rings is 1. The molecule has 0 spiro atoms. The molecule has 0 saturated heterocycles. The smallest absolute Gasteiger partial charge is 0.257 e. The van der Waals surface area contributed by atoms with E-state index >= 15 is 0 Å². The summed E-state index contributed by atoms with van der Waals surface area (Å²) >= 11 is 0. The summed E-state index contributed by atoms with van der Waals surface area (Å²) in [5, 5.41) is 2.44. The van der Waals surface area contributed by atoms with Crippen LogP contribution in [0.2, 0.25) is 0 Å². The predicted molar refractivity (Wildman–Crippen MR) is 59.6 cm³/mol. The normalized spacial score (nSPS) is 10.1. The number of amides is 1. The van der Waals surface area contributed by atoms with E-state index in [0.29, 0.717) is 11.3 Å². The van der Waals surface area contributed by atoms with E-state index in [2.05, 4.69) is 10.3 Å². The van der Waals surface area contributed by atoms with Gasteiger partial charge in [0, 0.05) is 18.1 Å². The number of aromatic nitrogens is 1. The molecule has 0 saturated carbocycles. The molecule has 0 radical (unpaired) electrons. The fraction of sp³-hybridized carbons (Fsp3) is 0. The Morgan fingerprint density at radius 2 is 2.19 bits per heavy atom. The number of carbonyl (C=O) groups is 1. The molecule has 0 unspecified atom stereocenters. The number of H-pyrrole nitrogens is 1. The molecule has 5 heteroatoms. The first-order valence-corrected chi connectivity index (χ1v) is 4.66. The lowest BCUT2D eigenvalue weighted by Gasteiger charge is -2.05. The maximum atomic E-state index is 13.3. The van der Waals surface area contributed by atoms with E-state index in [1.165, 1.54) is 24.4 Å². The van der Waals surface area contributed by atoms with Crippen molar-refractivity contribution in [2.45, 2.75) is 0 Å².